The molecule has 0 aliphatic carbocycles. The van der Waals surface area contributed by atoms with Gasteiger partial charge in [-0.2, -0.15) is 0 Å². The highest BCUT2D eigenvalue weighted by molar-refractivity contribution is 8.02. The Balaban J connectivity index is 1.98. The summed E-state index contributed by atoms with van der Waals surface area (Å²) in [5.41, 5.74) is 2.17. The van der Waals surface area contributed by atoms with Crippen molar-refractivity contribution in [1.29, 1.82) is 0 Å². The van der Waals surface area contributed by atoms with Gasteiger partial charge < -0.3 is 4.90 Å². The van der Waals surface area contributed by atoms with Crippen molar-refractivity contribution in [2.24, 2.45) is 0 Å². The third-order valence-electron chi connectivity index (χ3n) is 3.13. The van der Waals surface area contributed by atoms with Crippen LogP contribution < -0.4 is 0 Å². The van der Waals surface area contributed by atoms with E-state index in [-0.39, 0.29) is 11.2 Å². The van der Waals surface area contributed by atoms with Crippen molar-refractivity contribution in [3.63, 3.8) is 0 Å². The Kier molecular flexibility index (Phi) is 5.82. The van der Waals surface area contributed by atoms with Gasteiger partial charge in [-0.1, -0.05) is 42.1 Å². The average Bonchev–Trinajstić information content (AvgIpc) is 2.90. The molecule has 0 bridgehead atoms. The first-order chi connectivity index (χ1) is 10.1. The van der Waals surface area contributed by atoms with Gasteiger partial charge in [-0.25, -0.2) is 4.98 Å². The minimum atomic E-state index is -0.112. The third-order valence-corrected chi connectivity index (χ3v) is 5.31. The molecule has 1 amide bonds. The van der Waals surface area contributed by atoms with E-state index in [9.17, 15) is 4.79 Å². The summed E-state index contributed by atoms with van der Waals surface area (Å²) in [6.07, 6.45) is 0. The van der Waals surface area contributed by atoms with Crippen molar-refractivity contribution >= 4 is 29.0 Å². The van der Waals surface area contributed by atoms with Crippen molar-refractivity contribution in [1.82, 2.24) is 9.88 Å². The molecular weight excluding hydrogens is 300 g/mol. The number of benzene rings is 1. The average molecular weight is 320 g/mol. The van der Waals surface area contributed by atoms with E-state index >= 15 is 0 Å². The highest BCUT2D eigenvalue weighted by Crippen LogP contribution is 2.27. The van der Waals surface area contributed by atoms with E-state index in [4.69, 9.17) is 0 Å². The van der Waals surface area contributed by atoms with Crippen LogP contribution in [-0.2, 0) is 11.3 Å². The van der Waals surface area contributed by atoms with Crippen LogP contribution in [0.5, 0.6) is 0 Å². The molecule has 0 N–H and O–H groups in total. The fourth-order valence-electron chi connectivity index (χ4n) is 1.99. The van der Waals surface area contributed by atoms with Crippen LogP contribution >= 0.6 is 23.1 Å². The first-order valence-corrected chi connectivity index (χ1v) is 8.77. The molecule has 2 rings (SSSR count). The quantitative estimate of drug-likeness (QED) is 0.755. The van der Waals surface area contributed by atoms with Crippen molar-refractivity contribution in [3.8, 4) is 0 Å². The molecule has 0 radical (unpaired) electrons. The van der Waals surface area contributed by atoms with Crippen LogP contribution in [0.2, 0.25) is 0 Å². The number of carbonyl (C=O) groups excluding carboxylic acids is 1. The third kappa shape index (κ3) is 4.58. The van der Waals surface area contributed by atoms with Crippen LogP contribution in [0.1, 0.15) is 25.1 Å². The zero-order valence-electron chi connectivity index (χ0n) is 12.6. The first kappa shape index (κ1) is 16.0. The lowest BCUT2D eigenvalue weighted by molar-refractivity contribution is -0.130. The van der Waals surface area contributed by atoms with E-state index in [1.54, 1.807) is 23.1 Å². The number of aryl methyl sites for hydroxylation is 1. The Hall–Kier alpha value is -1.33. The van der Waals surface area contributed by atoms with Crippen LogP contribution in [0, 0.1) is 6.92 Å². The molecular formula is C16H20N2OS2. The summed E-state index contributed by atoms with van der Waals surface area (Å²) < 4.78 is 0.962. The summed E-state index contributed by atoms with van der Waals surface area (Å²) in [4.78, 5) is 18.9. The van der Waals surface area contributed by atoms with E-state index in [2.05, 4.69) is 17.1 Å². The number of carbonyl (C=O) groups is 1. The molecule has 112 valence electrons. The molecule has 1 atom stereocenters. The molecule has 21 heavy (non-hydrogen) atoms. The van der Waals surface area contributed by atoms with Crippen LogP contribution in [0.15, 0.2) is 40.1 Å². The SMILES string of the molecule is CCN(Cc1ccccc1)C(=O)C(C)Sc1nc(C)cs1. The minimum absolute atomic E-state index is 0.112. The molecule has 1 aromatic heterocycles. The summed E-state index contributed by atoms with van der Waals surface area (Å²) in [6.45, 7) is 7.33. The summed E-state index contributed by atoms with van der Waals surface area (Å²) >= 11 is 3.14. The molecule has 1 unspecified atom stereocenters. The normalized spacial score (nSPS) is 12.1. The highest BCUT2D eigenvalue weighted by atomic mass is 32.2. The Morgan fingerprint density at radius 1 is 1.38 bits per heavy atom. The molecule has 1 aromatic carbocycles. The second-order valence-corrected chi connectivity index (χ2v) is 7.30. The maximum Gasteiger partial charge on any atom is 0.236 e. The van der Waals surface area contributed by atoms with Crippen molar-refractivity contribution in [3.05, 3.63) is 47.0 Å². The van der Waals surface area contributed by atoms with Crippen molar-refractivity contribution in [2.45, 2.75) is 36.9 Å². The number of aromatic nitrogens is 1. The largest absolute Gasteiger partial charge is 0.338 e. The molecule has 0 spiro atoms. The predicted octanol–water partition coefficient (Wildman–Crippen LogP) is 3.98. The number of hydrogen-bond donors (Lipinski definition) is 0. The molecule has 0 fully saturated rings. The number of hydrogen-bond acceptors (Lipinski definition) is 4. The molecule has 0 saturated carbocycles. The predicted molar refractivity (Wildman–Crippen MR) is 89.7 cm³/mol. The van der Waals surface area contributed by atoms with Gasteiger partial charge in [0, 0.05) is 24.2 Å². The second kappa shape index (κ2) is 7.61. The maximum absolute atomic E-state index is 12.6. The summed E-state index contributed by atoms with van der Waals surface area (Å²) in [5, 5.41) is 1.90. The van der Waals surface area contributed by atoms with E-state index in [0.29, 0.717) is 6.54 Å². The van der Waals surface area contributed by atoms with Crippen LogP contribution in [-0.4, -0.2) is 27.6 Å². The minimum Gasteiger partial charge on any atom is -0.338 e. The second-order valence-electron chi connectivity index (χ2n) is 4.85. The Labute approximate surface area is 134 Å². The van der Waals surface area contributed by atoms with Gasteiger partial charge in [0.25, 0.3) is 0 Å². The van der Waals surface area contributed by atoms with E-state index < -0.39 is 0 Å². The van der Waals surface area contributed by atoms with Gasteiger partial charge in [0.05, 0.1) is 5.25 Å². The van der Waals surface area contributed by atoms with Gasteiger partial charge in [-0.15, -0.1) is 11.3 Å². The molecule has 0 aliphatic heterocycles. The number of nitrogens with zero attached hydrogens (tertiary/aromatic N) is 2. The highest BCUT2D eigenvalue weighted by Gasteiger charge is 2.21. The topological polar surface area (TPSA) is 33.2 Å². The van der Waals surface area contributed by atoms with Crippen LogP contribution in [0.4, 0.5) is 0 Å². The monoisotopic (exact) mass is 320 g/mol. The lowest BCUT2D eigenvalue weighted by atomic mass is 10.2. The van der Waals surface area contributed by atoms with Gasteiger partial charge in [-0.3, -0.25) is 4.79 Å². The molecule has 0 aliphatic rings. The zero-order chi connectivity index (χ0) is 15.2. The Bertz CT molecular complexity index is 583. The smallest absolute Gasteiger partial charge is 0.236 e. The standard InChI is InChI=1S/C16H20N2OS2/c1-4-18(10-14-8-6-5-7-9-14)15(19)13(3)21-16-17-12(2)11-20-16/h5-9,11,13H,4,10H2,1-3H3. The lowest BCUT2D eigenvalue weighted by Gasteiger charge is -2.24. The van der Waals surface area contributed by atoms with E-state index in [1.807, 2.05) is 49.3 Å². The molecule has 2 aromatic rings. The van der Waals surface area contributed by atoms with Gasteiger partial charge in [0.15, 0.2) is 4.34 Å². The molecule has 1 heterocycles. The van der Waals surface area contributed by atoms with Crippen molar-refractivity contribution < 1.29 is 4.79 Å². The Morgan fingerprint density at radius 2 is 2.10 bits per heavy atom. The summed E-state index contributed by atoms with van der Waals surface area (Å²) in [6, 6.07) is 10.1. The van der Waals surface area contributed by atoms with E-state index in [1.165, 1.54) is 0 Å². The Morgan fingerprint density at radius 3 is 2.67 bits per heavy atom. The summed E-state index contributed by atoms with van der Waals surface area (Å²) in [7, 11) is 0. The van der Waals surface area contributed by atoms with Crippen LogP contribution in [0.3, 0.4) is 0 Å². The number of amides is 1. The zero-order valence-corrected chi connectivity index (χ0v) is 14.2. The van der Waals surface area contributed by atoms with Crippen LogP contribution in [0.25, 0.3) is 0 Å². The summed E-state index contributed by atoms with van der Waals surface area (Å²) in [5.74, 6) is 0.166. The maximum atomic E-state index is 12.6. The van der Waals surface area contributed by atoms with Gasteiger partial charge in [0.2, 0.25) is 5.91 Å². The first-order valence-electron chi connectivity index (χ1n) is 7.01. The van der Waals surface area contributed by atoms with E-state index in [0.717, 1.165) is 22.1 Å². The van der Waals surface area contributed by atoms with Gasteiger partial charge in [-0.05, 0) is 26.3 Å². The number of thiazole rings is 1. The van der Waals surface area contributed by atoms with Gasteiger partial charge >= 0.3 is 0 Å². The fourth-order valence-corrected chi connectivity index (χ4v) is 4.06. The molecule has 3 nitrogen and oxygen atoms in total. The van der Waals surface area contributed by atoms with Crippen molar-refractivity contribution in [2.75, 3.05) is 6.54 Å². The van der Waals surface area contributed by atoms with Gasteiger partial charge in [0.1, 0.15) is 0 Å². The lowest BCUT2D eigenvalue weighted by Crippen LogP contribution is -2.35. The fraction of sp³-hybridized carbons (Fsp3) is 0.375. The molecule has 0 saturated heterocycles. The number of rotatable bonds is 6. The molecule has 5 heteroatoms. The number of thioether (sulfide) groups is 1.